The standard InChI is InChI=1S/C17H27NO2S/c1-6-12-18-17(15(19)20-5,13-21-16(2,3)4)14-10-8-7-9-11-14/h7-11,18H,6,12-13H2,1-5H3. The van der Waals surface area contributed by atoms with Crippen molar-refractivity contribution >= 4 is 17.7 Å². The molecule has 0 heterocycles. The molecular formula is C17H27NO2S. The number of esters is 1. The summed E-state index contributed by atoms with van der Waals surface area (Å²) < 4.78 is 5.20. The van der Waals surface area contributed by atoms with Gasteiger partial charge in [-0.2, -0.15) is 11.8 Å². The van der Waals surface area contributed by atoms with Crippen molar-refractivity contribution in [2.75, 3.05) is 19.4 Å². The second-order valence-electron chi connectivity index (χ2n) is 6.09. The van der Waals surface area contributed by atoms with Gasteiger partial charge < -0.3 is 4.74 Å². The number of carbonyl (C=O) groups excluding carboxylic acids is 1. The smallest absolute Gasteiger partial charge is 0.331 e. The molecule has 1 rings (SSSR count). The fraction of sp³-hybridized carbons (Fsp3) is 0.588. The predicted octanol–water partition coefficient (Wildman–Crippen LogP) is 3.59. The monoisotopic (exact) mass is 309 g/mol. The average Bonchev–Trinajstić information content (AvgIpc) is 2.47. The van der Waals surface area contributed by atoms with E-state index in [0.29, 0.717) is 5.75 Å². The number of rotatable bonds is 7. The lowest BCUT2D eigenvalue weighted by molar-refractivity contribution is -0.148. The molecule has 0 radical (unpaired) electrons. The Kier molecular flexibility index (Phi) is 6.75. The molecule has 0 saturated carbocycles. The molecule has 0 bridgehead atoms. The molecule has 0 aliphatic heterocycles. The molecule has 4 heteroatoms. The van der Waals surface area contributed by atoms with Gasteiger partial charge in [-0.1, -0.05) is 58.0 Å². The van der Waals surface area contributed by atoms with Crippen molar-refractivity contribution in [3.63, 3.8) is 0 Å². The van der Waals surface area contributed by atoms with Gasteiger partial charge in [0.1, 0.15) is 0 Å². The minimum absolute atomic E-state index is 0.0853. The summed E-state index contributed by atoms with van der Waals surface area (Å²) in [4.78, 5) is 12.6. The SMILES string of the molecule is CCCNC(CSC(C)(C)C)(C(=O)OC)c1ccccc1. The minimum atomic E-state index is -0.788. The number of methoxy groups -OCH3 is 1. The second kappa shape index (κ2) is 7.85. The zero-order valence-electron chi connectivity index (χ0n) is 13.7. The van der Waals surface area contributed by atoms with Gasteiger partial charge in [0, 0.05) is 10.5 Å². The van der Waals surface area contributed by atoms with Crippen LogP contribution >= 0.6 is 11.8 Å². The van der Waals surface area contributed by atoms with Crippen molar-refractivity contribution in [3.8, 4) is 0 Å². The van der Waals surface area contributed by atoms with E-state index in [4.69, 9.17) is 4.74 Å². The molecule has 0 aliphatic rings. The van der Waals surface area contributed by atoms with Crippen molar-refractivity contribution in [2.24, 2.45) is 0 Å². The number of carbonyl (C=O) groups is 1. The first kappa shape index (κ1) is 18.1. The largest absolute Gasteiger partial charge is 0.467 e. The molecule has 1 aromatic rings. The van der Waals surface area contributed by atoms with E-state index in [1.54, 1.807) is 11.8 Å². The number of benzene rings is 1. The molecule has 0 saturated heterocycles. The van der Waals surface area contributed by atoms with Crippen molar-refractivity contribution in [1.82, 2.24) is 5.32 Å². The Bertz CT molecular complexity index is 442. The zero-order chi connectivity index (χ0) is 15.9. The Morgan fingerprint density at radius 2 is 1.86 bits per heavy atom. The lowest BCUT2D eigenvalue weighted by atomic mass is 9.91. The number of hydrogen-bond acceptors (Lipinski definition) is 4. The summed E-state index contributed by atoms with van der Waals surface area (Å²) in [6.07, 6.45) is 0.964. The van der Waals surface area contributed by atoms with Gasteiger partial charge >= 0.3 is 5.97 Å². The summed E-state index contributed by atoms with van der Waals surface area (Å²) in [5.74, 6) is 0.423. The molecule has 0 aromatic heterocycles. The van der Waals surface area contributed by atoms with Crippen molar-refractivity contribution in [3.05, 3.63) is 35.9 Å². The van der Waals surface area contributed by atoms with Gasteiger partial charge in [0.2, 0.25) is 0 Å². The molecule has 0 spiro atoms. The number of nitrogens with one attached hydrogen (secondary N) is 1. The molecule has 1 aromatic carbocycles. The highest BCUT2D eigenvalue weighted by Gasteiger charge is 2.41. The van der Waals surface area contributed by atoms with Crippen molar-refractivity contribution in [1.29, 1.82) is 0 Å². The number of ether oxygens (including phenoxy) is 1. The van der Waals surface area contributed by atoms with Crippen LogP contribution in [0.5, 0.6) is 0 Å². The third-order valence-corrected chi connectivity index (χ3v) is 4.64. The maximum absolute atomic E-state index is 12.6. The van der Waals surface area contributed by atoms with Crippen molar-refractivity contribution < 1.29 is 9.53 Å². The van der Waals surface area contributed by atoms with Crippen LogP contribution in [0.1, 0.15) is 39.7 Å². The summed E-state index contributed by atoms with van der Waals surface area (Å²) >= 11 is 1.77. The van der Waals surface area contributed by atoms with Crippen LogP contribution < -0.4 is 5.32 Å². The van der Waals surface area contributed by atoms with Gasteiger partial charge in [-0.25, -0.2) is 4.79 Å². The fourth-order valence-electron chi connectivity index (χ4n) is 2.05. The summed E-state index contributed by atoms with van der Waals surface area (Å²) in [6.45, 7) is 9.34. The van der Waals surface area contributed by atoms with E-state index < -0.39 is 5.54 Å². The van der Waals surface area contributed by atoms with E-state index in [1.165, 1.54) is 7.11 Å². The molecule has 3 nitrogen and oxygen atoms in total. The highest BCUT2D eigenvalue weighted by atomic mass is 32.2. The molecule has 1 unspecified atom stereocenters. The summed E-state index contributed by atoms with van der Waals surface area (Å²) in [5.41, 5.74) is 0.173. The maximum Gasteiger partial charge on any atom is 0.331 e. The van der Waals surface area contributed by atoms with Gasteiger partial charge in [0.05, 0.1) is 7.11 Å². The van der Waals surface area contributed by atoms with Gasteiger partial charge in [0.15, 0.2) is 5.54 Å². The molecule has 118 valence electrons. The van der Waals surface area contributed by atoms with Crippen LogP contribution in [0.3, 0.4) is 0 Å². The first-order valence-corrected chi connectivity index (χ1v) is 8.37. The Labute approximate surface area is 132 Å². The first-order chi connectivity index (χ1) is 9.85. The Balaban J connectivity index is 3.18. The molecule has 0 fully saturated rings. The van der Waals surface area contributed by atoms with Crippen LogP contribution in [0.25, 0.3) is 0 Å². The molecule has 21 heavy (non-hydrogen) atoms. The Morgan fingerprint density at radius 3 is 2.33 bits per heavy atom. The van der Waals surface area contributed by atoms with Crippen LogP contribution in [0.2, 0.25) is 0 Å². The fourth-order valence-corrected chi connectivity index (χ4v) is 3.08. The predicted molar refractivity (Wildman–Crippen MR) is 90.6 cm³/mol. The van der Waals surface area contributed by atoms with E-state index in [0.717, 1.165) is 18.5 Å². The van der Waals surface area contributed by atoms with E-state index in [9.17, 15) is 4.79 Å². The average molecular weight is 309 g/mol. The van der Waals surface area contributed by atoms with Gasteiger partial charge in [-0.15, -0.1) is 0 Å². The first-order valence-electron chi connectivity index (χ1n) is 7.38. The van der Waals surface area contributed by atoms with E-state index in [1.807, 2.05) is 30.3 Å². The van der Waals surface area contributed by atoms with Crippen LogP contribution in [0, 0.1) is 0 Å². The molecular weight excluding hydrogens is 282 g/mol. The topological polar surface area (TPSA) is 38.3 Å². The Morgan fingerprint density at radius 1 is 1.24 bits per heavy atom. The maximum atomic E-state index is 12.6. The van der Waals surface area contributed by atoms with E-state index in [2.05, 4.69) is 33.0 Å². The lowest BCUT2D eigenvalue weighted by Crippen LogP contribution is -2.52. The summed E-state index contributed by atoms with van der Waals surface area (Å²) in [5, 5.41) is 3.43. The van der Waals surface area contributed by atoms with E-state index >= 15 is 0 Å². The summed E-state index contributed by atoms with van der Waals surface area (Å²) in [6, 6.07) is 9.86. The highest BCUT2D eigenvalue weighted by Crippen LogP contribution is 2.33. The molecule has 0 amide bonds. The van der Waals surface area contributed by atoms with Crippen LogP contribution in [-0.2, 0) is 15.1 Å². The van der Waals surface area contributed by atoms with Gasteiger partial charge in [-0.3, -0.25) is 5.32 Å². The zero-order valence-corrected chi connectivity index (χ0v) is 14.5. The lowest BCUT2D eigenvalue weighted by Gasteiger charge is -2.34. The normalized spacial score (nSPS) is 14.5. The number of hydrogen-bond donors (Lipinski definition) is 1. The third-order valence-electron chi connectivity index (χ3n) is 3.20. The minimum Gasteiger partial charge on any atom is -0.467 e. The molecule has 1 N–H and O–H groups in total. The summed E-state index contributed by atoms with van der Waals surface area (Å²) in [7, 11) is 1.45. The van der Waals surface area contributed by atoms with Crippen LogP contribution in [0.15, 0.2) is 30.3 Å². The molecule has 1 atom stereocenters. The van der Waals surface area contributed by atoms with Gasteiger partial charge in [0.25, 0.3) is 0 Å². The highest BCUT2D eigenvalue weighted by molar-refractivity contribution is 8.00. The van der Waals surface area contributed by atoms with Gasteiger partial charge in [-0.05, 0) is 18.5 Å². The van der Waals surface area contributed by atoms with E-state index in [-0.39, 0.29) is 10.7 Å². The Hall–Kier alpha value is -1.00. The quantitative estimate of drug-likeness (QED) is 0.781. The second-order valence-corrected chi connectivity index (χ2v) is 7.89. The third kappa shape index (κ3) is 5.04. The van der Waals surface area contributed by atoms with Crippen molar-refractivity contribution in [2.45, 2.75) is 44.4 Å². The molecule has 0 aliphatic carbocycles. The van der Waals surface area contributed by atoms with Crippen LogP contribution in [0.4, 0.5) is 0 Å². The number of thioether (sulfide) groups is 1. The van der Waals surface area contributed by atoms with Crippen LogP contribution in [-0.4, -0.2) is 30.1 Å².